The van der Waals surface area contributed by atoms with Crippen molar-refractivity contribution in [3.05, 3.63) is 0 Å². The van der Waals surface area contributed by atoms with E-state index in [9.17, 15) is 4.79 Å². The van der Waals surface area contributed by atoms with Crippen molar-refractivity contribution in [2.24, 2.45) is 11.3 Å². The fourth-order valence-electron chi connectivity index (χ4n) is 1.92. The summed E-state index contributed by atoms with van der Waals surface area (Å²) in [6.45, 7) is 8.55. The van der Waals surface area contributed by atoms with Crippen LogP contribution in [0.4, 0.5) is 0 Å². The Morgan fingerprint density at radius 3 is 2.50 bits per heavy atom. The maximum Gasteiger partial charge on any atom is 0.311 e. The van der Waals surface area contributed by atoms with Crippen molar-refractivity contribution < 1.29 is 9.53 Å². The number of hydrogen-bond acceptors (Lipinski definition) is 3. The first-order valence-corrected chi connectivity index (χ1v) is 6.38. The van der Waals surface area contributed by atoms with Gasteiger partial charge in [-0.1, -0.05) is 0 Å². The predicted molar refractivity (Wildman–Crippen MR) is 65.2 cm³/mol. The standard InChI is InChI=1S/C13H25NO2/c1-13(2,3)12(15)16-10-4-5-11-6-8-14-9-7-11/h11,14H,4-10H2,1-3H3. The number of nitrogens with one attached hydrogen (secondary N) is 1. The summed E-state index contributed by atoms with van der Waals surface area (Å²) in [5, 5.41) is 3.36. The second-order valence-electron chi connectivity index (χ2n) is 5.72. The Labute approximate surface area is 98.9 Å². The third kappa shape index (κ3) is 4.97. The zero-order valence-corrected chi connectivity index (χ0v) is 10.8. The van der Waals surface area contributed by atoms with Gasteiger partial charge in [-0.25, -0.2) is 0 Å². The molecule has 1 saturated heterocycles. The third-order valence-electron chi connectivity index (χ3n) is 3.06. The van der Waals surface area contributed by atoms with Gasteiger partial charge in [0.2, 0.25) is 0 Å². The van der Waals surface area contributed by atoms with Crippen molar-refractivity contribution >= 4 is 5.97 Å². The average Bonchev–Trinajstić information content (AvgIpc) is 2.24. The van der Waals surface area contributed by atoms with Crippen molar-refractivity contribution in [3.8, 4) is 0 Å². The van der Waals surface area contributed by atoms with Gasteiger partial charge in [-0.15, -0.1) is 0 Å². The molecule has 0 aromatic rings. The first kappa shape index (κ1) is 13.5. The lowest BCUT2D eigenvalue weighted by Crippen LogP contribution is -2.28. The van der Waals surface area contributed by atoms with E-state index in [0.717, 1.165) is 25.4 Å². The van der Waals surface area contributed by atoms with Crippen LogP contribution in [0.15, 0.2) is 0 Å². The minimum Gasteiger partial charge on any atom is -0.465 e. The van der Waals surface area contributed by atoms with Crippen LogP contribution in [-0.4, -0.2) is 25.7 Å². The highest BCUT2D eigenvalue weighted by Gasteiger charge is 2.22. The summed E-state index contributed by atoms with van der Waals surface area (Å²) in [7, 11) is 0. The molecule has 0 amide bonds. The molecule has 0 spiro atoms. The summed E-state index contributed by atoms with van der Waals surface area (Å²) in [5.74, 6) is 0.743. The number of ether oxygens (including phenoxy) is 1. The molecule has 0 saturated carbocycles. The molecule has 0 atom stereocenters. The van der Waals surface area contributed by atoms with E-state index < -0.39 is 0 Å². The summed E-state index contributed by atoms with van der Waals surface area (Å²) in [6.07, 6.45) is 4.74. The lowest BCUT2D eigenvalue weighted by atomic mass is 9.93. The van der Waals surface area contributed by atoms with E-state index >= 15 is 0 Å². The fraction of sp³-hybridized carbons (Fsp3) is 0.923. The molecule has 1 N–H and O–H groups in total. The van der Waals surface area contributed by atoms with Crippen molar-refractivity contribution in [3.63, 3.8) is 0 Å². The summed E-state index contributed by atoms with van der Waals surface area (Å²) in [4.78, 5) is 11.5. The lowest BCUT2D eigenvalue weighted by molar-refractivity contribution is -0.153. The molecule has 0 bridgehead atoms. The van der Waals surface area contributed by atoms with Crippen molar-refractivity contribution in [2.45, 2.75) is 46.5 Å². The minimum absolute atomic E-state index is 0.0854. The number of esters is 1. The topological polar surface area (TPSA) is 38.3 Å². The molecule has 16 heavy (non-hydrogen) atoms. The highest BCUT2D eigenvalue weighted by molar-refractivity contribution is 5.75. The molecular weight excluding hydrogens is 202 g/mol. The van der Waals surface area contributed by atoms with Crippen LogP contribution < -0.4 is 5.32 Å². The van der Waals surface area contributed by atoms with E-state index in [1.807, 2.05) is 20.8 Å². The maximum atomic E-state index is 11.5. The van der Waals surface area contributed by atoms with Gasteiger partial charge in [-0.3, -0.25) is 4.79 Å². The largest absolute Gasteiger partial charge is 0.465 e. The average molecular weight is 227 g/mol. The summed E-state index contributed by atoms with van der Waals surface area (Å²) in [5.41, 5.74) is -0.366. The molecule has 1 rings (SSSR count). The van der Waals surface area contributed by atoms with Gasteiger partial charge in [0.25, 0.3) is 0 Å². The van der Waals surface area contributed by atoms with Gasteiger partial charge in [0, 0.05) is 0 Å². The summed E-state index contributed by atoms with van der Waals surface area (Å²) in [6, 6.07) is 0. The molecular formula is C13H25NO2. The van der Waals surface area contributed by atoms with Crippen LogP contribution in [0, 0.1) is 11.3 Å². The van der Waals surface area contributed by atoms with Gasteiger partial charge in [0.05, 0.1) is 12.0 Å². The smallest absolute Gasteiger partial charge is 0.311 e. The first-order chi connectivity index (χ1) is 7.50. The monoisotopic (exact) mass is 227 g/mol. The first-order valence-electron chi connectivity index (χ1n) is 6.38. The van der Waals surface area contributed by atoms with Crippen LogP contribution in [-0.2, 0) is 9.53 Å². The Balaban J connectivity index is 2.05. The van der Waals surface area contributed by atoms with E-state index in [0.29, 0.717) is 6.61 Å². The van der Waals surface area contributed by atoms with E-state index in [4.69, 9.17) is 4.74 Å². The minimum atomic E-state index is -0.366. The number of carbonyl (C=O) groups excluding carboxylic acids is 1. The SMILES string of the molecule is CC(C)(C)C(=O)OCCCC1CCNCC1. The number of piperidine rings is 1. The molecule has 3 heteroatoms. The van der Waals surface area contributed by atoms with Gasteiger partial charge in [0.1, 0.15) is 0 Å². The van der Waals surface area contributed by atoms with Crippen LogP contribution in [0.1, 0.15) is 46.5 Å². The molecule has 0 unspecified atom stereocenters. The van der Waals surface area contributed by atoms with Gasteiger partial charge in [0.15, 0.2) is 0 Å². The predicted octanol–water partition coefficient (Wildman–Crippen LogP) is 2.36. The highest BCUT2D eigenvalue weighted by atomic mass is 16.5. The fourth-order valence-corrected chi connectivity index (χ4v) is 1.92. The Morgan fingerprint density at radius 1 is 1.31 bits per heavy atom. The van der Waals surface area contributed by atoms with Crippen molar-refractivity contribution in [1.82, 2.24) is 5.32 Å². The molecule has 1 fully saturated rings. The molecule has 0 aromatic heterocycles. The zero-order valence-electron chi connectivity index (χ0n) is 10.8. The van der Waals surface area contributed by atoms with Crippen LogP contribution in [0.25, 0.3) is 0 Å². The molecule has 0 radical (unpaired) electrons. The quantitative estimate of drug-likeness (QED) is 0.592. The highest BCUT2D eigenvalue weighted by Crippen LogP contribution is 2.19. The molecule has 94 valence electrons. The zero-order chi connectivity index (χ0) is 12.0. The Bertz CT molecular complexity index is 214. The van der Waals surface area contributed by atoms with Crippen molar-refractivity contribution in [2.75, 3.05) is 19.7 Å². The van der Waals surface area contributed by atoms with E-state index in [-0.39, 0.29) is 11.4 Å². The van der Waals surface area contributed by atoms with Crippen molar-refractivity contribution in [1.29, 1.82) is 0 Å². The molecule has 1 aliphatic rings. The Hall–Kier alpha value is -0.570. The summed E-state index contributed by atoms with van der Waals surface area (Å²) < 4.78 is 5.24. The second-order valence-corrected chi connectivity index (χ2v) is 5.72. The Kier molecular flexibility index (Phi) is 5.26. The molecule has 1 aliphatic heterocycles. The molecule has 0 aliphatic carbocycles. The number of rotatable bonds is 4. The summed E-state index contributed by atoms with van der Waals surface area (Å²) >= 11 is 0. The van der Waals surface area contributed by atoms with Gasteiger partial charge >= 0.3 is 5.97 Å². The van der Waals surface area contributed by atoms with Gasteiger partial charge in [-0.05, 0) is 65.5 Å². The van der Waals surface area contributed by atoms with Crippen LogP contribution >= 0.6 is 0 Å². The number of hydrogen-bond donors (Lipinski definition) is 1. The van der Waals surface area contributed by atoms with Gasteiger partial charge in [-0.2, -0.15) is 0 Å². The molecule has 1 heterocycles. The third-order valence-corrected chi connectivity index (χ3v) is 3.06. The van der Waals surface area contributed by atoms with Gasteiger partial charge < -0.3 is 10.1 Å². The number of carbonyl (C=O) groups is 1. The van der Waals surface area contributed by atoms with E-state index in [1.54, 1.807) is 0 Å². The van der Waals surface area contributed by atoms with E-state index in [1.165, 1.54) is 19.3 Å². The van der Waals surface area contributed by atoms with Crippen LogP contribution in [0.3, 0.4) is 0 Å². The van der Waals surface area contributed by atoms with Crippen LogP contribution in [0.5, 0.6) is 0 Å². The van der Waals surface area contributed by atoms with E-state index in [2.05, 4.69) is 5.32 Å². The molecule has 0 aromatic carbocycles. The molecule has 3 nitrogen and oxygen atoms in total. The maximum absolute atomic E-state index is 11.5. The Morgan fingerprint density at radius 2 is 1.94 bits per heavy atom. The normalized spacial score (nSPS) is 18.4. The second kappa shape index (κ2) is 6.24. The van der Waals surface area contributed by atoms with Crippen LogP contribution in [0.2, 0.25) is 0 Å². The lowest BCUT2D eigenvalue weighted by Gasteiger charge is -2.22.